The summed E-state index contributed by atoms with van der Waals surface area (Å²) in [6.45, 7) is 0. The van der Waals surface area contributed by atoms with Gasteiger partial charge < -0.3 is 0 Å². The highest BCUT2D eigenvalue weighted by molar-refractivity contribution is 5.90. The van der Waals surface area contributed by atoms with E-state index < -0.39 is 0 Å². The molecule has 78 valence electrons. The second kappa shape index (κ2) is 6.52. The van der Waals surface area contributed by atoms with Crippen LogP contribution in [-0.2, 0) is 9.59 Å². The topological polar surface area (TPSA) is 34.1 Å². The number of ketones is 2. The van der Waals surface area contributed by atoms with E-state index in [-0.39, 0.29) is 5.78 Å². The van der Waals surface area contributed by atoms with Gasteiger partial charge in [0, 0.05) is 19.3 Å². The molecule has 0 saturated heterocycles. The van der Waals surface area contributed by atoms with Crippen LogP contribution in [0, 0.1) is 0 Å². The summed E-state index contributed by atoms with van der Waals surface area (Å²) in [7, 11) is 0. The highest BCUT2D eigenvalue weighted by Crippen LogP contribution is 2.09. The van der Waals surface area contributed by atoms with Crippen molar-refractivity contribution >= 4 is 11.6 Å². The van der Waals surface area contributed by atoms with Gasteiger partial charge in [-0.05, 0) is 31.8 Å². The van der Waals surface area contributed by atoms with Crippen molar-refractivity contribution in [1.29, 1.82) is 0 Å². The molecule has 0 bridgehead atoms. The lowest BCUT2D eigenvalue weighted by Gasteiger charge is -2.02. The zero-order valence-corrected chi connectivity index (χ0v) is 8.63. The van der Waals surface area contributed by atoms with Crippen LogP contribution < -0.4 is 0 Å². The Morgan fingerprint density at radius 1 is 0.857 bits per heavy atom. The fourth-order valence-electron chi connectivity index (χ4n) is 1.64. The number of carbonyl (C=O) groups is 2. The van der Waals surface area contributed by atoms with Crippen molar-refractivity contribution < 1.29 is 9.59 Å². The largest absolute Gasteiger partial charge is 0.300 e. The standard InChI is InChI=1S/C12H18O2/c13-11-7-4-2-1-3-5-8-12(14)10-6-9-11/h4,7H,1-3,5-6,8-10H2/b7-4+. The second-order valence-corrected chi connectivity index (χ2v) is 3.86. The summed E-state index contributed by atoms with van der Waals surface area (Å²) in [5.74, 6) is 0.487. The normalized spacial score (nSPS) is 23.7. The van der Waals surface area contributed by atoms with Gasteiger partial charge in [0.1, 0.15) is 5.78 Å². The second-order valence-electron chi connectivity index (χ2n) is 3.86. The summed E-state index contributed by atoms with van der Waals surface area (Å²) in [5, 5.41) is 0. The molecule has 1 aliphatic rings. The van der Waals surface area contributed by atoms with Gasteiger partial charge in [-0.3, -0.25) is 9.59 Å². The van der Waals surface area contributed by atoms with Crippen LogP contribution in [0.2, 0.25) is 0 Å². The molecule has 0 aromatic carbocycles. The van der Waals surface area contributed by atoms with Crippen LogP contribution in [0.3, 0.4) is 0 Å². The summed E-state index contributed by atoms with van der Waals surface area (Å²) in [6, 6.07) is 0. The molecule has 0 spiro atoms. The third-order valence-electron chi connectivity index (χ3n) is 2.51. The van der Waals surface area contributed by atoms with Gasteiger partial charge >= 0.3 is 0 Å². The van der Waals surface area contributed by atoms with Crippen LogP contribution in [0.25, 0.3) is 0 Å². The molecule has 0 radical (unpaired) electrons. The van der Waals surface area contributed by atoms with Gasteiger partial charge in [0.25, 0.3) is 0 Å². The zero-order valence-electron chi connectivity index (χ0n) is 8.63. The van der Waals surface area contributed by atoms with Crippen LogP contribution in [0.15, 0.2) is 12.2 Å². The minimum Gasteiger partial charge on any atom is -0.300 e. The van der Waals surface area contributed by atoms with Crippen LogP contribution in [0.5, 0.6) is 0 Å². The van der Waals surface area contributed by atoms with E-state index in [1.807, 2.05) is 6.08 Å². The minimum absolute atomic E-state index is 0.165. The monoisotopic (exact) mass is 194 g/mol. The van der Waals surface area contributed by atoms with Crippen molar-refractivity contribution in [2.45, 2.75) is 51.4 Å². The van der Waals surface area contributed by atoms with Crippen molar-refractivity contribution in [3.8, 4) is 0 Å². The van der Waals surface area contributed by atoms with Gasteiger partial charge in [0.2, 0.25) is 0 Å². The Morgan fingerprint density at radius 2 is 1.64 bits per heavy atom. The quantitative estimate of drug-likeness (QED) is 0.594. The first kappa shape index (κ1) is 11.2. The van der Waals surface area contributed by atoms with Crippen LogP contribution in [-0.4, -0.2) is 11.6 Å². The summed E-state index contributed by atoms with van der Waals surface area (Å²) >= 11 is 0. The van der Waals surface area contributed by atoms with E-state index in [0.29, 0.717) is 25.0 Å². The van der Waals surface area contributed by atoms with Gasteiger partial charge in [-0.2, -0.15) is 0 Å². The van der Waals surface area contributed by atoms with Gasteiger partial charge in [0.15, 0.2) is 5.78 Å². The van der Waals surface area contributed by atoms with Crippen molar-refractivity contribution in [2.75, 3.05) is 0 Å². The molecule has 0 saturated carbocycles. The molecule has 0 atom stereocenters. The molecule has 0 unspecified atom stereocenters. The van der Waals surface area contributed by atoms with Crippen LogP contribution in [0.1, 0.15) is 51.4 Å². The summed E-state index contributed by atoms with van der Waals surface area (Å²) in [5.41, 5.74) is 0. The van der Waals surface area contributed by atoms with Crippen LogP contribution >= 0.6 is 0 Å². The van der Waals surface area contributed by atoms with Gasteiger partial charge in [0.05, 0.1) is 0 Å². The summed E-state index contributed by atoms with van der Waals surface area (Å²) < 4.78 is 0. The van der Waals surface area contributed by atoms with Crippen molar-refractivity contribution in [3.63, 3.8) is 0 Å². The molecule has 0 aromatic rings. The first-order valence-corrected chi connectivity index (χ1v) is 5.50. The average molecular weight is 194 g/mol. The van der Waals surface area contributed by atoms with Gasteiger partial charge in [-0.25, -0.2) is 0 Å². The number of hydrogen-bond acceptors (Lipinski definition) is 2. The molecule has 1 aliphatic carbocycles. The SMILES string of the molecule is O=C1/C=C/CCCCCC(=O)CCC1. The molecule has 0 heterocycles. The Morgan fingerprint density at radius 3 is 2.50 bits per heavy atom. The minimum atomic E-state index is 0.165. The van der Waals surface area contributed by atoms with E-state index in [9.17, 15) is 9.59 Å². The lowest BCUT2D eigenvalue weighted by Crippen LogP contribution is -2.01. The van der Waals surface area contributed by atoms with Crippen molar-refractivity contribution in [3.05, 3.63) is 12.2 Å². The Labute approximate surface area is 85.4 Å². The average Bonchev–Trinajstić information content (AvgIpc) is 2.14. The highest BCUT2D eigenvalue weighted by Gasteiger charge is 2.04. The number of carbonyl (C=O) groups excluding carboxylic acids is 2. The van der Waals surface area contributed by atoms with E-state index in [4.69, 9.17) is 0 Å². The number of hydrogen-bond donors (Lipinski definition) is 0. The van der Waals surface area contributed by atoms with E-state index >= 15 is 0 Å². The smallest absolute Gasteiger partial charge is 0.155 e. The van der Waals surface area contributed by atoms with Gasteiger partial charge in [-0.1, -0.05) is 12.5 Å². The Hall–Kier alpha value is -0.920. The molecule has 0 N–H and O–H groups in total. The third kappa shape index (κ3) is 4.95. The molecule has 1 rings (SSSR count). The highest BCUT2D eigenvalue weighted by atomic mass is 16.1. The molecule has 0 amide bonds. The van der Waals surface area contributed by atoms with E-state index in [1.54, 1.807) is 6.08 Å². The fraction of sp³-hybridized carbons (Fsp3) is 0.667. The first-order valence-electron chi connectivity index (χ1n) is 5.50. The predicted molar refractivity (Wildman–Crippen MR) is 56.1 cm³/mol. The first-order chi connectivity index (χ1) is 6.79. The lowest BCUT2D eigenvalue weighted by molar-refractivity contribution is -0.119. The maximum absolute atomic E-state index is 11.3. The molecule has 14 heavy (non-hydrogen) atoms. The molecule has 0 aliphatic heterocycles. The molecular formula is C12H18O2. The maximum atomic E-state index is 11.3. The molecular weight excluding hydrogens is 176 g/mol. The predicted octanol–water partition coefficient (Wildman–Crippen LogP) is 2.82. The van der Waals surface area contributed by atoms with Gasteiger partial charge in [-0.15, -0.1) is 0 Å². The number of Topliss-reactive ketones (excluding diaryl/α,β-unsaturated/α-hetero) is 1. The van der Waals surface area contributed by atoms with E-state index in [1.165, 1.54) is 0 Å². The van der Waals surface area contributed by atoms with Crippen molar-refractivity contribution in [2.24, 2.45) is 0 Å². The van der Waals surface area contributed by atoms with E-state index in [0.717, 1.165) is 32.1 Å². The molecule has 0 aromatic heterocycles. The van der Waals surface area contributed by atoms with Crippen LogP contribution in [0.4, 0.5) is 0 Å². The number of rotatable bonds is 0. The van der Waals surface area contributed by atoms with Crippen molar-refractivity contribution in [1.82, 2.24) is 0 Å². The molecule has 0 fully saturated rings. The third-order valence-corrected chi connectivity index (χ3v) is 2.51. The summed E-state index contributed by atoms with van der Waals surface area (Å²) in [6.07, 6.45) is 10.4. The van der Waals surface area contributed by atoms with E-state index in [2.05, 4.69) is 0 Å². The lowest BCUT2D eigenvalue weighted by atomic mass is 10.0. The zero-order chi connectivity index (χ0) is 10.2. The number of allylic oxidation sites excluding steroid dienone is 2. The maximum Gasteiger partial charge on any atom is 0.155 e. The Kier molecular flexibility index (Phi) is 5.20. The fourth-order valence-corrected chi connectivity index (χ4v) is 1.64. The molecule has 2 heteroatoms. The Balaban J connectivity index is 2.38. The Bertz CT molecular complexity index is 228. The molecule has 2 nitrogen and oxygen atoms in total. The summed E-state index contributed by atoms with van der Waals surface area (Å²) in [4.78, 5) is 22.5.